The number of rotatable bonds is 9. The van der Waals surface area contributed by atoms with Gasteiger partial charge in [-0.2, -0.15) is 13.2 Å². The summed E-state index contributed by atoms with van der Waals surface area (Å²) in [6.07, 6.45) is -4.12. The molecule has 0 rings (SSSR count). The molecule has 0 aliphatic carbocycles. The first-order valence-corrected chi connectivity index (χ1v) is 6.54. The Balaban J connectivity index is 3.99. The van der Waals surface area contributed by atoms with Gasteiger partial charge in [-0.1, -0.05) is 0 Å². The SMILES string of the molecule is CC(C)N(CCCC(=O)O)C(=O)NCCOCC(F)(F)F. The molecule has 0 fully saturated rings. The number of carboxylic acids is 1. The number of aliphatic carboxylic acids is 1. The van der Waals surface area contributed by atoms with Gasteiger partial charge in [0.2, 0.25) is 0 Å². The summed E-state index contributed by atoms with van der Waals surface area (Å²) in [6.45, 7) is 2.15. The van der Waals surface area contributed by atoms with Crippen molar-refractivity contribution in [1.29, 1.82) is 0 Å². The molecule has 2 amide bonds. The van der Waals surface area contributed by atoms with E-state index >= 15 is 0 Å². The van der Waals surface area contributed by atoms with Gasteiger partial charge in [0.05, 0.1) is 6.61 Å². The second kappa shape index (κ2) is 9.43. The lowest BCUT2D eigenvalue weighted by molar-refractivity contribution is -0.173. The fourth-order valence-electron chi connectivity index (χ4n) is 1.51. The van der Waals surface area contributed by atoms with E-state index in [4.69, 9.17) is 5.11 Å². The molecule has 21 heavy (non-hydrogen) atoms. The van der Waals surface area contributed by atoms with Crippen molar-refractivity contribution in [3.05, 3.63) is 0 Å². The number of hydrogen-bond donors (Lipinski definition) is 2. The fraction of sp³-hybridized carbons (Fsp3) is 0.833. The molecule has 0 saturated carbocycles. The van der Waals surface area contributed by atoms with Gasteiger partial charge in [-0.25, -0.2) is 4.79 Å². The minimum Gasteiger partial charge on any atom is -0.481 e. The summed E-state index contributed by atoms with van der Waals surface area (Å²) in [6, 6.07) is -0.596. The molecule has 0 unspecified atom stereocenters. The normalized spacial score (nSPS) is 11.5. The summed E-state index contributed by atoms with van der Waals surface area (Å²) in [5, 5.41) is 11.0. The van der Waals surface area contributed by atoms with Crippen LogP contribution in [-0.2, 0) is 9.53 Å². The number of nitrogens with one attached hydrogen (secondary N) is 1. The lowest BCUT2D eigenvalue weighted by Gasteiger charge is -2.26. The van der Waals surface area contributed by atoms with E-state index in [0.29, 0.717) is 6.42 Å². The van der Waals surface area contributed by atoms with Gasteiger partial charge in [-0.15, -0.1) is 0 Å². The standard InChI is InChI=1S/C12H21F3N2O4/c1-9(2)17(6-3-4-10(18)19)11(20)16-5-7-21-8-12(13,14)15/h9H,3-8H2,1-2H3,(H,16,20)(H,18,19). The number of ether oxygens (including phenoxy) is 1. The Bertz CT molecular complexity index is 335. The van der Waals surface area contributed by atoms with Crippen molar-refractivity contribution in [2.75, 3.05) is 26.3 Å². The highest BCUT2D eigenvalue weighted by Gasteiger charge is 2.27. The molecule has 2 N–H and O–H groups in total. The van der Waals surface area contributed by atoms with Gasteiger partial charge in [0, 0.05) is 25.6 Å². The monoisotopic (exact) mass is 314 g/mol. The van der Waals surface area contributed by atoms with Gasteiger partial charge in [0.25, 0.3) is 0 Å². The van der Waals surface area contributed by atoms with Gasteiger partial charge in [0.1, 0.15) is 6.61 Å². The van der Waals surface area contributed by atoms with Crippen LogP contribution in [-0.4, -0.2) is 60.5 Å². The summed E-state index contributed by atoms with van der Waals surface area (Å²) in [5.74, 6) is -0.945. The van der Waals surface area contributed by atoms with E-state index in [2.05, 4.69) is 10.1 Å². The Hall–Kier alpha value is -1.51. The largest absolute Gasteiger partial charge is 0.481 e. The Morgan fingerprint density at radius 1 is 1.33 bits per heavy atom. The summed E-state index contributed by atoms with van der Waals surface area (Å²) in [4.78, 5) is 23.7. The number of nitrogens with zero attached hydrogens (tertiary/aromatic N) is 1. The molecule has 0 bridgehead atoms. The maximum Gasteiger partial charge on any atom is 0.411 e. The number of urea groups is 1. The first-order chi connectivity index (χ1) is 9.63. The van der Waals surface area contributed by atoms with Crippen LogP contribution in [0, 0.1) is 0 Å². The van der Waals surface area contributed by atoms with Crippen molar-refractivity contribution in [3.8, 4) is 0 Å². The fourth-order valence-corrected chi connectivity index (χ4v) is 1.51. The molecule has 0 aromatic heterocycles. The predicted octanol–water partition coefficient (Wildman–Crippen LogP) is 1.85. The first-order valence-electron chi connectivity index (χ1n) is 6.54. The van der Waals surface area contributed by atoms with Gasteiger partial charge in [-0.05, 0) is 20.3 Å². The van der Waals surface area contributed by atoms with E-state index in [1.807, 2.05) is 0 Å². The van der Waals surface area contributed by atoms with Crippen LogP contribution in [0.2, 0.25) is 0 Å². The van der Waals surface area contributed by atoms with E-state index in [1.54, 1.807) is 13.8 Å². The highest BCUT2D eigenvalue weighted by Crippen LogP contribution is 2.13. The summed E-state index contributed by atoms with van der Waals surface area (Å²) >= 11 is 0. The molecule has 0 spiro atoms. The maximum atomic E-state index is 11.8. The number of carboxylic acid groups (broad SMARTS) is 1. The Labute approximate surface area is 121 Å². The molecule has 0 aromatic rings. The summed E-state index contributed by atoms with van der Waals surface area (Å²) in [7, 11) is 0. The number of alkyl halides is 3. The molecule has 9 heteroatoms. The number of carbonyl (C=O) groups is 2. The molecule has 6 nitrogen and oxygen atoms in total. The topological polar surface area (TPSA) is 78.9 Å². The lowest BCUT2D eigenvalue weighted by atomic mass is 10.2. The molecule has 0 heterocycles. The highest BCUT2D eigenvalue weighted by atomic mass is 19.4. The second-order valence-electron chi connectivity index (χ2n) is 4.68. The van der Waals surface area contributed by atoms with Crippen LogP contribution in [0.25, 0.3) is 0 Å². The number of amides is 2. The zero-order valence-electron chi connectivity index (χ0n) is 12.1. The third kappa shape index (κ3) is 10.9. The first kappa shape index (κ1) is 19.5. The average Bonchev–Trinajstić information content (AvgIpc) is 2.31. The van der Waals surface area contributed by atoms with Crippen molar-refractivity contribution >= 4 is 12.0 Å². The van der Waals surface area contributed by atoms with E-state index in [-0.39, 0.29) is 32.2 Å². The van der Waals surface area contributed by atoms with Gasteiger partial charge in [0.15, 0.2) is 0 Å². The van der Waals surface area contributed by atoms with Crippen LogP contribution in [0.15, 0.2) is 0 Å². The molecule has 0 aliphatic heterocycles. The number of halogens is 3. The molecule has 0 aromatic carbocycles. The minimum atomic E-state index is -4.38. The molecule has 124 valence electrons. The molecular formula is C12H21F3N2O4. The van der Waals surface area contributed by atoms with Crippen molar-refractivity contribution in [2.24, 2.45) is 0 Å². The van der Waals surface area contributed by atoms with E-state index in [9.17, 15) is 22.8 Å². The van der Waals surface area contributed by atoms with Crippen molar-refractivity contribution in [2.45, 2.75) is 38.9 Å². The third-order valence-electron chi connectivity index (χ3n) is 2.46. The van der Waals surface area contributed by atoms with Gasteiger partial charge < -0.3 is 20.1 Å². The van der Waals surface area contributed by atoms with Crippen molar-refractivity contribution < 1.29 is 32.6 Å². The van der Waals surface area contributed by atoms with Crippen LogP contribution < -0.4 is 5.32 Å². The smallest absolute Gasteiger partial charge is 0.411 e. The number of carbonyl (C=O) groups excluding carboxylic acids is 1. The summed E-state index contributed by atoms with van der Waals surface area (Å²) < 4.78 is 39.8. The molecule has 0 atom stereocenters. The molecule has 0 radical (unpaired) electrons. The van der Waals surface area contributed by atoms with Crippen LogP contribution >= 0.6 is 0 Å². The van der Waals surface area contributed by atoms with Gasteiger partial charge in [-0.3, -0.25) is 4.79 Å². The van der Waals surface area contributed by atoms with E-state index in [0.717, 1.165) is 0 Å². The minimum absolute atomic E-state index is 0.0446. The van der Waals surface area contributed by atoms with E-state index in [1.165, 1.54) is 4.90 Å². The van der Waals surface area contributed by atoms with Crippen LogP contribution in [0.3, 0.4) is 0 Å². The Morgan fingerprint density at radius 3 is 2.43 bits per heavy atom. The Kier molecular flexibility index (Phi) is 8.75. The van der Waals surface area contributed by atoms with Crippen molar-refractivity contribution in [3.63, 3.8) is 0 Å². The zero-order valence-corrected chi connectivity index (χ0v) is 12.1. The van der Waals surface area contributed by atoms with Crippen molar-refractivity contribution in [1.82, 2.24) is 10.2 Å². The van der Waals surface area contributed by atoms with Crippen LogP contribution in [0.5, 0.6) is 0 Å². The number of hydrogen-bond acceptors (Lipinski definition) is 3. The lowest BCUT2D eigenvalue weighted by Crippen LogP contribution is -2.45. The predicted molar refractivity (Wildman–Crippen MR) is 69.0 cm³/mol. The molecule has 0 saturated heterocycles. The summed E-state index contributed by atoms with van der Waals surface area (Å²) in [5.41, 5.74) is 0. The maximum absolute atomic E-state index is 11.8. The quantitative estimate of drug-likeness (QED) is 0.637. The molecule has 0 aliphatic rings. The third-order valence-corrected chi connectivity index (χ3v) is 2.46. The highest BCUT2D eigenvalue weighted by molar-refractivity contribution is 5.74. The van der Waals surface area contributed by atoms with Crippen LogP contribution in [0.4, 0.5) is 18.0 Å². The van der Waals surface area contributed by atoms with Gasteiger partial charge >= 0.3 is 18.2 Å². The Morgan fingerprint density at radius 2 is 1.95 bits per heavy atom. The average molecular weight is 314 g/mol. The molecular weight excluding hydrogens is 293 g/mol. The second-order valence-corrected chi connectivity index (χ2v) is 4.68. The van der Waals surface area contributed by atoms with E-state index < -0.39 is 24.8 Å². The zero-order chi connectivity index (χ0) is 16.5. The van der Waals surface area contributed by atoms with Crippen LogP contribution in [0.1, 0.15) is 26.7 Å².